The molecule has 1 nitrogen and oxygen atoms in total. The summed E-state index contributed by atoms with van der Waals surface area (Å²) in [5.41, 5.74) is 0. The molecule has 0 aromatic heterocycles. The lowest BCUT2D eigenvalue weighted by Gasteiger charge is -2.27. The van der Waals surface area contributed by atoms with Crippen LogP contribution in [-0.4, -0.2) is 13.1 Å². The van der Waals surface area contributed by atoms with E-state index in [1.54, 1.807) is 0 Å². The Bertz CT molecular complexity index is 113. The summed E-state index contributed by atoms with van der Waals surface area (Å²) >= 11 is 0. The Morgan fingerprint density at radius 2 is 1.90 bits per heavy atom. The summed E-state index contributed by atoms with van der Waals surface area (Å²) in [4.78, 5) is 0. The Balaban J connectivity index is 2.49. The molecule has 0 aromatic carbocycles. The van der Waals surface area contributed by atoms with Crippen LogP contribution in [0.15, 0.2) is 25.3 Å². The van der Waals surface area contributed by atoms with Crippen molar-refractivity contribution >= 4 is 0 Å². The van der Waals surface area contributed by atoms with Gasteiger partial charge in [-0.15, -0.1) is 13.2 Å². The van der Waals surface area contributed by atoms with Crippen molar-refractivity contribution in [1.29, 1.82) is 0 Å². The number of piperidine rings is 1. The van der Waals surface area contributed by atoms with Crippen molar-refractivity contribution in [2.24, 2.45) is 11.8 Å². The van der Waals surface area contributed by atoms with Crippen molar-refractivity contribution in [2.75, 3.05) is 13.1 Å². The molecule has 1 saturated heterocycles. The number of nitrogens with one attached hydrogen (secondary N) is 1. The fraction of sp³-hybridized carbons (Fsp3) is 0.556. The van der Waals surface area contributed by atoms with Gasteiger partial charge in [-0.1, -0.05) is 12.2 Å². The molecule has 0 amide bonds. The van der Waals surface area contributed by atoms with Gasteiger partial charge in [-0.2, -0.15) is 0 Å². The highest BCUT2D eigenvalue weighted by atomic mass is 14.9. The summed E-state index contributed by atoms with van der Waals surface area (Å²) in [6, 6.07) is 0. The zero-order valence-electron chi connectivity index (χ0n) is 6.34. The molecule has 1 aliphatic rings. The van der Waals surface area contributed by atoms with Crippen LogP contribution in [0, 0.1) is 11.8 Å². The first-order valence-electron chi connectivity index (χ1n) is 3.84. The van der Waals surface area contributed by atoms with Crippen LogP contribution >= 0.6 is 0 Å². The standard InChI is InChI=1S/C9H15N/c1-3-8-5-6-10-7-9(8)4-2/h3-4,8-10H,1-2,5-7H2. The molecule has 1 fully saturated rings. The highest BCUT2D eigenvalue weighted by Crippen LogP contribution is 2.20. The average Bonchev–Trinajstić information content (AvgIpc) is 2.04. The maximum atomic E-state index is 3.81. The molecule has 0 saturated carbocycles. The van der Waals surface area contributed by atoms with E-state index >= 15 is 0 Å². The van der Waals surface area contributed by atoms with Gasteiger partial charge in [-0.3, -0.25) is 0 Å². The van der Waals surface area contributed by atoms with Gasteiger partial charge in [0.1, 0.15) is 0 Å². The number of hydrogen-bond acceptors (Lipinski definition) is 1. The van der Waals surface area contributed by atoms with Gasteiger partial charge in [0, 0.05) is 6.54 Å². The molecule has 0 aromatic rings. The molecular weight excluding hydrogens is 122 g/mol. The van der Waals surface area contributed by atoms with Gasteiger partial charge in [-0.25, -0.2) is 0 Å². The summed E-state index contributed by atoms with van der Waals surface area (Å²) in [6.07, 6.45) is 5.28. The summed E-state index contributed by atoms with van der Waals surface area (Å²) in [5.74, 6) is 1.25. The van der Waals surface area contributed by atoms with Crippen LogP contribution in [0.4, 0.5) is 0 Å². The number of rotatable bonds is 2. The van der Waals surface area contributed by atoms with E-state index in [1.807, 2.05) is 12.2 Å². The molecule has 0 bridgehead atoms. The van der Waals surface area contributed by atoms with E-state index in [-0.39, 0.29) is 0 Å². The van der Waals surface area contributed by atoms with E-state index in [4.69, 9.17) is 0 Å². The fourth-order valence-electron chi connectivity index (χ4n) is 1.45. The van der Waals surface area contributed by atoms with Crippen LogP contribution < -0.4 is 5.32 Å². The van der Waals surface area contributed by atoms with Gasteiger partial charge in [0.25, 0.3) is 0 Å². The summed E-state index contributed by atoms with van der Waals surface area (Å²) in [6.45, 7) is 9.80. The zero-order chi connectivity index (χ0) is 7.40. The minimum Gasteiger partial charge on any atom is -0.316 e. The fourth-order valence-corrected chi connectivity index (χ4v) is 1.45. The van der Waals surface area contributed by atoms with E-state index in [0.717, 1.165) is 13.1 Å². The molecule has 1 aliphatic heterocycles. The largest absolute Gasteiger partial charge is 0.316 e. The molecule has 56 valence electrons. The van der Waals surface area contributed by atoms with E-state index in [9.17, 15) is 0 Å². The van der Waals surface area contributed by atoms with Gasteiger partial charge in [-0.05, 0) is 24.8 Å². The second kappa shape index (κ2) is 3.57. The highest BCUT2D eigenvalue weighted by Gasteiger charge is 2.18. The molecule has 1 rings (SSSR count). The molecule has 0 aliphatic carbocycles. The lowest BCUT2D eigenvalue weighted by atomic mass is 9.87. The van der Waals surface area contributed by atoms with Gasteiger partial charge >= 0.3 is 0 Å². The lowest BCUT2D eigenvalue weighted by Crippen LogP contribution is -2.34. The monoisotopic (exact) mass is 137 g/mol. The van der Waals surface area contributed by atoms with Crippen molar-refractivity contribution < 1.29 is 0 Å². The van der Waals surface area contributed by atoms with Crippen molar-refractivity contribution in [1.82, 2.24) is 5.32 Å². The first-order chi connectivity index (χ1) is 4.88. The zero-order valence-corrected chi connectivity index (χ0v) is 6.34. The minimum atomic E-state index is 0.603. The molecule has 0 spiro atoms. The molecule has 10 heavy (non-hydrogen) atoms. The van der Waals surface area contributed by atoms with Crippen LogP contribution in [-0.2, 0) is 0 Å². The number of hydrogen-bond donors (Lipinski definition) is 1. The van der Waals surface area contributed by atoms with E-state index in [0.29, 0.717) is 11.8 Å². The Morgan fingerprint density at radius 1 is 1.20 bits per heavy atom. The SMILES string of the molecule is C=CC1CCNCC1C=C. The normalized spacial score (nSPS) is 33.2. The quantitative estimate of drug-likeness (QED) is 0.570. The topological polar surface area (TPSA) is 12.0 Å². The Kier molecular flexibility index (Phi) is 2.69. The average molecular weight is 137 g/mol. The van der Waals surface area contributed by atoms with E-state index in [1.165, 1.54) is 6.42 Å². The smallest absolute Gasteiger partial charge is 0.00197 e. The second-order valence-electron chi connectivity index (χ2n) is 2.79. The minimum absolute atomic E-state index is 0.603. The van der Waals surface area contributed by atoms with Crippen molar-refractivity contribution in [3.05, 3.63) is 25.3 Å². The first kappa shape index (κ1) is 7.55. The van der Waals surface area contributed by atoms with Gasteiger partial charge in [0.2, 0.25) is 0 Å². The molecule has 1 heterocycles. The van der Waals surface area contributed by atoms with Gasteiger partial charge in [0.15, 0.2) is 0 Å². The predicted molar refractivity (Wildman–Crippen MR) is 44.9 cm³/mol. The van der Waals surface area contributed by atoms with Crippen LogP contribution in [0.3, 0.4) is 0 Å². The summed E-state index contributed by atoms with van der Waals surface area (Å²) < 4.78 is 0. The molecule has 2 atom stereocenters. The maximum absolute atomic E-state index is 3.81. The molecule has 1 N–H and O–H groups in total. The maximum Gasteiger partial charge on any atom is 0.00197 e. The molecule has 1 heteroatoms. The molecule has 2 unspecified atom stereocenters. The highest BCUT2D eigenvalue weighted by molar-refractivity contribution is 4.96. The number of allylic oxidation sites excluding steroid dienone is 1. The second-order valence-corrected chi connectivity index (χ2v) is 2.79. The Morgan fingerprint density at radius 3 is 2.40 bits per heavy atom. The van der Waals surface area contributed by atoms with E-state index in [2.05, 4.69) is 18.5 Å². The van der Waals surface area contributed by atoms with Crippen molar-refractivity contribution in [3.63, 3.8) is 0 Å². The summed E-state index contributed by atoms with van der Waals surface area (Å²) in [7, 11) is 0. The predicted octanol–water partition coefficient (Wildman–Crippen LogP) is 1.58. The van der Waals surface area contributed by atoms with Crippen LogP contribution in [0.2, 0.25) is 0 Å². The Hall–Kier alpha value is -0.560. The lowest BCUT2D eigenvalue weighted by molar-refractivity contribution is 0.357. The van der Waals surface area contributed by atoms with Crippen LogP contribution in [0.25, 0.3) is 0 Å². The van der Waals surface area contributed by atoms with Crippen LogP contribution in [0.5, 0.6) is 0 Å². The van der Waals surface area contributed by atoms with Crippen LogP contribution in [0.1, 0.15) is 6.42 Å². The van der Waals surface area contributed by atoms with Crippen molar-refractivity contribution in [2.45, 2.75) is 6.42 Å². The summed E-state index contributed by atoms with van der Waals surface area (Å²) in [5, 5.41) is 3.33. The van der Waals surface area contributed by atoms with Gasteiger partial charge in [0.05, 0.1) is 0 Å². The third-order valence-corrected chi connectivity index (χ3v) is 2.19. The van der Waals surface area contributed by atoms with Crippen molar-refractivity contribution in [3.8, 4) is 0 Å². The molecular formula is C9H15N. The third-order valence-electron chi connectivity index (χ3n) is 2.19. The molecule has 0 radical (unpaired) electrons. The Labute approximate surface area is 62.8 Å². The third kappa shape index (κ3) is 1.48. The van der Waals surface area contributed by atoms with E-state index < -0.39 is 0 Å². The first-order valence-corrected chi connectivity index (χ1v) is 3.84. The van der Waals surface area contributed by atoms with Gasteiger partial charge < -0.3 is 5.32 Å².